The summed E-state index contributed by atoms with van der Waals surface area (Å²) in [5.41, 5.74) is 5.56. The molecular weight excluding hydrogens is 371 g/mol. The van der Waals surface area contributed by atoms with Crippen molar-refractivity contribution in [2.24, 2.45) is 0 Å². The molecule has 20 heavy (non-hydrogen) atoms. The molecule has 106 valence electrons. The molecule has 1 fully saturated rings. The number of hydrogen-bond acceptors (Lipinski definition) is 5. The Morgan fingerprint density at radius 3 is 2.80 bits per heavy atom. The standard InChI is InChI=1S/C12H15IN6O/c13-10-11(15-7-16-12(10)20)18-4-1-8(2-5-18)19-6-3-9(14)17-19/h3,6-8H,1-2,4-5H2,(H2,14,17)(H,15,16,20). The van der Waals surface area contributed by atoms with Crippen molar-refractivity contribution in [3.63, 3.8) is 0 Å². The maximum atomic E-state index is 11.6. The zero-order chi connectivity index (χ0) is 14.1. The van der Waals surface area contributed by atoms with Crippen molar-refractivity contribution in [3.8, 4) is 0 Å². The predicted molar refractivity (Wildman–Crippen MR) is 84.7 cm³/mol. The van der Waals surface area contributed by atoms with Crippen molar-refractivity contribution in [1.82, 2.24) is 19.7 Å². The number of nitrogen functional groups attached to an aromatic ring is 1. The molecule has 0 atom stereocenters. The lowest BCUT2D eigenvalue weighted by molar-refractivity contribution is 0.366. The van der Waals surface area contributed by atoms with E-state index in [2.05, 4.69) is 20.0 Å². The number of nitrogens with two attached hydrogens (primary N) is 1. The van der Waals surface area contributed by atoms with Crippen LogP contribution in [0.25, 0.3) is 0 Å². The molecule has 0 amide bonds. The normalized spacial score (nSPS) is 16.6. The van der Waals surface area contributed by atoms with Crippen LogP contribution in [0.5, 0.6) is 0 Å². The van der Waals surface area contributed by atoms with Gasteiger partial charge in [0.1, 0.15) is 15.2 Å². The van der Waals surface area contributed by atoms with Crippen molar-refractivity contribution < 1.29 is 0 Å². The van der Waals surface area contributed by atoms with E-state index in [9.17, 15) is 4.79 Å². The van der Waals surface area contributed by atoms with Gasteiger partial charge in [0.05, 0.1) is 12.4 Å². The third-order valence-corrected chi connectivity index (χ3v) is 4.52. The second kappa shape index (κ2) is 5.43. The molecule has 2 aromatic heterocycles. The summed E-state index contributed by atoms with van der Waals surface area (Å²) in [5.74, 6) is 1.33. The van der Waals surface area contributed by atoms with Gasteiger partial charge in [-0.05, 0) is 41.5 Å². The van der Waals surface area contributed by atoms with Gasteiger partial charge in [-0.15, -0.1) is 0 Å². The molecule has 3 rings (SSSR count). The van der Waals surface area contributed by atoms with Crippen molar-refractivity contribution in [2.45, 2.75) is 18.9 Å². The fraction of sp³-hybridized carbons (Fsp3) is 0.417. The molecule has 3 heterocycles. The molecule has 1 aliphatic rings. The quantitative estimate of drug-likeness (QED) is 0.752. The molecule has 0 radical (unpaired) electrons. The van der Waals surface area contributed by atoms with E-state index >= 15 is 0 Å². The first-order valence-corrected chi connectivity index (χ1v) is 7.52. The first-order valence-electron chi connectivity index (χ1n) is 6.44. The smallest absolute Gasteiger partial charge is 0.266 e. The minimum Gasteiger partial charge on any atom is -0.382 e. The molecule has 3 N–H and O–H groups in total. The molecule has 0 unspecified atom stereocenters. The summed E-state index contributed by atoms with van der Waals surface area (Å²) < 4.78 is 2.58. The number of halogens is 1. The van der Waals surface area contributed by atoms with Gasteiger partial charge < -0.3 is 15.6 Å². The van der Waals surface area contributed by atoms with Crippen molar-refractivity contribution in [3.05, 3.63) is 32.5 Å². The predicted octanol–water partition coefficient (Wildman–Crippen LogP) is 0.995. The van der Waals surface area contributed by atoms with Gasteiger partial charge in [-0.1, -0.05) is 0 Å². The highest BCUT2D eigenvalue weighted by Crippen LogP contribution is 2.26. The molecule has 0 bridgehead atoms. The Kier molecular flexibility index (Phi) is 3.64. The number of piperidine rings is 1. The van der Waals surface area contributed by atoms with E-state index in [-0.39, 0.29) is 5.56 Å². The van der Waals surface area contributed by atoms with Crippen LogP contribution in [0.15, 0.2) is 23.4 Å². The van der Waals surface area contributed by atoms with Crippen LogP contribution in [-0.2, 0) is 0 Å². The van der Waals surface area contributed by atoms with Crippen LogP contribution in [0.1, 0.15) is 18.9 Å². The van der Waals surface area contributed by atoms with Gasteiger partial charge in [0.15, 0.2) is 0 Å². The largest absolute Gasteiger partial charge is 0.382 e. The van der Waals surface area contributed by atoms with Gasteiger partial charge in [-0.25, -0.2) is 4.98 Å². The zero-order valence-corrected chi connectivity index (χ0v) is 12.9. The number of nitrogens with zero attached hydrogens (tertiary/aromatic N) is 4. The van der Waals surface area contributed by atoms with Crippen molar-refractivity contribution in [1.29, 1.82) is 0 Å². The Hall–Kier alpha value is -1.58. The summed E-state index contributed by atoms with van der Waals surface area (Å²) in [6.07, 6.45) is 5.31. The molecule has 0 aliphatic carbocycles. The van der Waals surface area contributed by atoms with E-state index < -0.39 is 0 Å². The molecule has 0 saturated carbocycles. The summed E-state index contributed by atoms with van der Waals surface area (Å²) >= 11 is 2.05. The SMILES string of the molecule is Nc1ccn(C2CCN(c3nc[nH]c(=O)c3I)CC2)n1. The number of H-pyrrole nitrogens is 1. The van der Waals surface area contributed by atoms with Gasteiger partial charge in [0, 0.05) is 19.3 Å². The molecule has 1 aliphatic heterocycles. The van der Waals surface area contributed by atoms with E-state index in [4.69, 9.17) is 5.73 Å². The summed E-state index contributed by atoms with van der Waals surface area (Å²) in [5, 5.41) is 4.27. The van der Waals surface area contributed by atoms with Crippen LogP contribution in [0, 0.1) is 3.57 Å². The van der Waals surface area contributed by atoms with Gasteiger partial charge in [-0.3, -0.25) is 9.48 Å². The Balaban J connectivity index is 1.72. The molecule has 0 aromatic carbocycles. The van der Waals surface area contributed by atoms with Gasteiger partial charge in [0.2, 0.25) is 0 Å². The van der Waals surface area contributed by atoms with E-state index in [0.717, 1.165) is 31.7 Å². The topological polar surface area (TPSA) is 92.8 Å². The maximum absolute atomic E-state index is 11.6. The molecule has 8 heteroatoms. The maximum Gasteiger partial charge on any atom is 0.266 e. The molecular formula is C12H15IN6O. The fourth-order valence-corrected chi connectivity index (χ4v) is 3.13. The first kappa shape index (κ1) is 13.4. The van der Waals surface area contributed by atoms with E-state index in [1.807, 2.05) is 39.5 Å². The van der Waals surface area contributed by atoms with E-state index in [0.29, 0.717) is 15.4 Å². The van der Waals surface area contributed by atoms with Crippen molar-refractivity contribution >= 4 is 34.2 Å². The van der Waals surface area contributed by atoms with Crippen molar-refractivity contribution in [2.75, 3.05) is 23.7 Å². The lowest BCUT2D eigenvalue weighted by Crippen LogP contribution is -2.36. The van der Waals surface area contributed by atoms with E-state index in [1.54, 1.807) is 0 Å². The minimum atomic E-state index is -0.0856. The number of anilines is 2. The Morgan fingerprint density at radius 2 is 2.15 bits per heavy atom. The third kappa shape index (κ3) is 2.51. The van der Waals surface area contributed by atoms with Gasteiger partial charge in [-0.2, -0.15) is 5.10 Å². The van der Waals surface area contributed by atoms with Crippen LogP contribution >= 0.6 is 22.6 Å². The monoisotopic (exact) mass is 386 g/mol. The number of rotatable bonds is 2. The lowest BCUT2D eigenvalue weighted by Gasteiger charge is -2.33. The van der Waals surface area contributed by atoms with Gasteiger partial charge in [0.25, 0.3) is 5.56 Å². The number of aromatic amines is 1. The minimum absolute atomic E-state index is 0.0856. The summed E-state index contributed by atoms with van der Waals surface area (Å²) in [4.78, 5) is 20.6. The number of aromatic nitrogens is 4. The third-order valence-electron chi connectivity index (χ3n) is 3.55. The summed E-state index contributed by atoms with van der Waals surface area (Å²) in [6, 6.07) is 2.18. The van der Waals surface area contributed by atoms with Crippen LogP contribution in [0.3, 0.4) is 0 Å². The van der Waals surface area contributed by atoms with Crippen LogP contribution in [0.2, 0.25) is 0 Å². The highest BCUT2D eigenvalue weighted by Gasteiger charge is 2.23. The lowest BCUT2D eigenvalue weighted by atomic mass is 10.1. The Labute approximate surface area is 129 Å². The highest BCUT2D eigenvalue weighted by molar-refractivity contribution is 14.1. The molecule has 0 spiro atoms. The number of hydrogen-bond donors (Lipinski definition) is 2. The number of nitrogens with one attached hydrogen (secondary N) is 1. The summed E-state index contributed by atoms with van der Waals surface area (Å²) in [6.45, 7) is 1.72. The Morgan fingerprint density at radius 1 is 1.40 bits per heavy atom. The summed E-state index contributed by atoms with van der Waals surface area (Å²) in [7, 11) is 0. The molecule has 2 aromatic rings. The van der Waals surface area contributed by atoms with Crippen LogP contribution in [-0.4, -0.2) is 32.8 Å². The fourth-order valence-electron chi connectivity index (χ4n) is 2.49. The van der Waals surface area contributed by atoms with E-state index in [1.165, 1.54) is 6.33 Å². The highest BCUT2D eigenvalue weighted by atomic mass is 127. The van der Waals surface area contributed by atoms with Gasteiger partial charge >= 0.3 is 0 Å². The molecule has 7 nitrogen and oxygen atoms in total. The zero-order valence-electron chi connectivity index (χ0n) is 10.8. The van der Waals surface area contributed by atoms with Crippen LogP contribution in [0.4, 0.5) is 11.6 Å². The average Bonchev–Trinajstić information content (AvgIpc) is 2.89. The molecule has 1 saturated heterocycles. The second-order valence-corrected chi connectivity index (χ2v) is 5.89. The average molecular weight is 386 g/mol. The second-order valence-electron chi connectivity index (χ2n) is 4.81. The first-order chi connectivity index (χ1) is 9.65. The van der Waals surface area contributed by atoms with Crippen LogP contribution < -0.4 is 16.2 Å². The Bertz CT molecular complexity index is 658.